The van der Waals surface area contributed by atoms with E-state index < -0.39 is 11.9 Å². The third-order valence-corrected chi connectivity index (χ3v) is 4.02. The van der Waals surface area contributed by atoms with Crippen LogP contribution in [0.3, 0.4) is 0 Å². The molecule has 0 N–H and O–H groups in total. The van der Waals surface area contributed by atoms with Gasteiger partial charge in [0.1, 0.15) is 11.8 Å². The van der Waals surface area contributed by atoms with Crippen LogP contribution in [0, 0.1) is 11.3 Å². The van der Waals surface area contributed by atoms with Crippen LogP contribution in [-0.2, 0) is 19.1 Å². The largest absolute Gasteiger partial charge is 0.465 e. The lowest BCUT2D eigenvalue weighted by molar-refractivity contribution is -0.139. The summed E-state index contributed by atoms with van der Waals surface area (Å²) in [6.45, 7) is 0. The number of halogens is 2. The summed E-state index contributed by atoms with van der Waals surface area (Å²) < 4.78 is 10.2. The lowest BCUT2D eigenvalue weighted by Crippen LogP contribution is -2.27. The van der Waals surface area contributed by atoms with Crippen LogP contribution in [0.1, 0.15) is 5.56 Å². The Hall–Kier alpha value is -2.56. The Balaban J connectivity index is 2.81. The molecule has 6 nitrogen and oxygen atoms in total. The Kier molecular flexibility index (Phi) is 6.02. The topological polar surface area (TPSA) is 79.6 Å². The Morgan fingerprint density at radius 1 is 1.20 bits per heavy atom. The maximum atomic E-state index is 12.4. The van der Waals surface area contributed by atoms with Gasteiger partial charge in [-0.25, -0.2) is 9.59 Å². The van der Waals surface area contributed by atoms with Crippen molar-refractivity contribution in [2.75, 3.05) is 19.1 Å². The molecule has 128 valence electrons. The molecule has 25 heavy (non-hydrogen) atoms. The van der Waals surface area contributed by atoms with Gasteiger partial charge in [0.05, 0.1) is 36.1 Å². The normalized spacial score (nSPS) is 13.3. The molecule has 0 bridgehead atoms. The van der Waals surface area contributed by atoms with Gasteiger partial charge in [0, 0.05) is 10.7 Å². The van der Waals surface area contributed by atoms with Gasteiger partial charge in [0.2, 0.25) is 0 Å². The Morgan fingerprint density at radius 3 is 2.48 bits per heavy atom. The van der Waals surface area contributed by atoms with E-state index in [4.69, 9.17) is 21.1 Å². The molecule has 1 heterocycles. The smallest absolute Gasteiger partial charge is 0.355 e. The molecule has 0 aliphatic carbocycles. The van der Waals surface area contributed by atoms with Gasteiger partial charge >= 0.3 is 11.9 Å². The van der Waals surface area contributed by atoms with Gasteiger partial charge in [0.25, 0.3) is 0 Å². The van der Waals surface area contributed by atoms with Crippen molar-refractivity contribution >= 4 is 45.2 Å². The number of hydrogen-bond donors (Lipinski definition) is 0. The van der Waals surface area contributed by atoms with Gasteiger partial charge in [-0.15, -0.1) is 0 Å². The van der Waals surface area contributed by atoms with Crippen LogP contribution in [0.5, 0.6) is 0 Å². The van der Waals surface area contributed by atoms with E-state index in [0.29, 0.717) is 4.47 Å². The maximum Gasteiger partial charge on any atom is 0.355 e. The van der Waals surface area contributed by atoms with Crippen LogP contribution >= 0.6 is 27.5 Å². The molecule has 0 saturated heterocycles. The van der Waals surface area contributed by atoms with Gasteiger partial charge in [-0.2, -0.15) is 5.26 Å². The highest BCUT2D eigenvalue weighted by atomic mass is 79.9. The number of carbonyl (C=O) groups excluding carboxylic acids is 2. The summed E-state index contributed by atoms with van der Waals surface area (Å²) in [5.74, 6) is -1.50. The number of benzene rings is 1. The standard InChI is InChI=1S/C17H12BrClN2O4/c1-24-16(22)12-5-3-4-6-21(15(12)17(23)25-2)14-10(9-20)7-11(18)8-13(14)19/h3-8H,1-2H3. The molecule has 0 fully saturated rings. The number of rotatable bonds is 3. The molecule has 1 aliphatic rings. The lowest BCUT2D eigenvalue weighted by atomic mass is 10.1. The summed E-state index contributed by atoms with van der Waals surface area (Å²) in [6, 6.07) is 5.16. The fourth-order valence-corrected chi connectivity index (χ4v) is 3.13. The van der Waals surface area contributed by atoms with Gasteiger partial charge in [-0.1, -0.05) is 33.6 Å². The van der Waals surface area contributed by atoms with Crippen molar-refractivity contribution < 1.29 is 19.1 Å². The molecule has 0 spiro atoms. The van der Waals surface area contributed by atoms with Gasteiger partial charge in [-0.3, -0.25) is 0 Å². The molecule has 1 aromatic carbocycles. The first-order valence-corrected chi connectivity index (χ1v) is 8.05. The number of hydrogen-bond acceptors (Lipinski definition) is 6. The summed E-state index contributed by atoms with van der Waals surface area (Å²) in [5.41, 5.74) is 0.313. The molecule has 0 atom stereocenters. The van der Waals surface area contributed by atoms with Crippen molar-refractivity contribution in [3.05, 3.63) is 62.9 Å². The second-order valence-corrected chi connectivity index (χ2v) is 6.03. The number of carbonyl (C=O) groups is 2. The van der Waals surface area contributed by atoms with Crippen LogP contribution in [0.4, 0.5) is 5.69 Å². The second kappa shape index (κ2) is 8.01. The number of nitriles is 1. The predicted molar refractivity (Wildman–Crippen MR) is 95.7 cm³/mol. The first kappa shape index (κ1) is 18.8. The van der Waals surface area contributed by atoms with E-state index in [0.717, 1.165) is 0 Å². The third kappa shape index (κ3) is 3.76. The second-order valence-electron chi connectivity index (χ2n) is 4.71. The van der Waals surface area contributed by atoms with Crippen molar-refractivity contribution in [3.63, 3.8) is 0 Å². The van der Waals surface area contributed by atoms with Crippen molar-refractivity contribution in [3.8, 4) is 6.07 Å². The summed E-state index contributed by atoms with van der Waals surface area (Å²) in [7, 11) is 2.39. The molecular formula is C17H12BrClN2O4. The van der Waals surface area contributed by atoms with E-state index in [1.807, 2.05) is 6.07 Å². The molecule has 0 unspecified atom stereocenters. The third-order valence-electron chi connectivity index (χ3n) is 3.28. The number of methoxy groups -OCH3 is 2. The van der Waals surface area contributed by atoms with Crippen LogP contribution in [0.15, 0.2) is 52.3 Å². The van der Waals surface area contributed by atoms with Gasteiger partial charge in [0.15, 0.2) is 0 Å². The van der Waals surface area contributed by atoms with Crippen molar-refractivity contribution in [1.82, 2.24) is 0 Å². The summed E-state index contributed by atoms with van der Waals surface area (Å²) in [4.78, 5) is 25.8. The first-order valence-electron chi connectivity index (χ1n) is 6.88. The number of ether oxygens (including phenoxy) is 2. The van der Waals surface area contributed by atoms with Gasteiger partial charge in [-0.05, 0) is 24.3 Å². The SMILES string of the molecule is COC(=O)C1=C(C(=O)OC)N(c2c(Cl)cc(Br)cc2C#N)C=CC=C1. The molecule has 8 heteroatoms. The minimum absolute atomic E-state index is 0.0257. The van der Waals surface area contributed by atoms with E-state index in [2.05, 4.69) is 15.9 Å². The average Bonchev–Trinajstić information content (AvgIpc) is 2.82. The minimum atomic E-state index is -0.778. The fraction of sp³-hybridized carbons (Fsp3) is 0.118. The fourth-order valence-electron chi connectivity index (χ4n) is 2.23. The quantitative estimate of drug-likeness (QED) is 0.693. The molecule has 0 saturated carbocycles. The van der Waals surface area contributed by atoms with Crippen LogP contribution < -0.4 is 4.90 Å². The summed E-state index contributed by atoms with van der Waals surface area (Å²) >= 11 is 9.58. The summed E-state index contributed by atoms with van der Waals surface area (Å²) in [6.07, 6.45) is 6.09. The zero-order valence-corrected chi connectivity index (χ0v) is 15.6. The zero-order chi connectivity index (χ0) is 18.6. The highest BCUT2D eigenvalue weighted by Crippen LogP contribution is 2.37. The minimum Gasteiger partial charge on any atom is -0.465 e. The Morgan fingerprint density at radius 2 is 1.88 bits per heavy atom. The van der Waals surface area contributed by atoms with Crippen LogP contribution in [0.25, 0.3) is 0 Å². The number of allylic oxidation sites excluding steroid dienone is 2. The molecule has 0 aromatic heterocycles. The maximum absolute atomic E-state index is 12.4. The molecule has 2 rings (SSSR count). The van der Waals surface area contributed by atoms with E-state index in [1.54, 1.807) is 24.3 Å². The van der Waals surface area contributed by atoms with Crippen LogP contribution in [-0.4, -0.2) is 26.2 Å². The van der Waals surface area contributed by atoms with Crippen molar-refractivity contribution in [2.24, 2.45) is 0 Å². The number of anilines is 1. The first-order chi connectivity index (χ1) is 11.9. The molecule has 0 amide bonds. The molecular weight excluding hydrogens is 412 g/mol. The van der Waals surface area contributed by atoms with E-state index >= 15 is 0 Å². The lowest BCUT2D eigenvalue weighted by Gasteiger charge is -2.25. The zero-order valence-electron chi connectivity index (χ0n) is 13.2. The van der Waals surface area contributed by atoms with E-state index in [-0.39, 0.29) is 27.5 Å². The Bertz CT molecular complexity index is 868. The molecule has 0 radical (unpaired) electrons. The number of nitrogens with zero attached hydrogens (tertiary/aromatic N) is 2. The Labute approximate surface area is 157 Å². The van der Waals surface area contributed by atoms with E-state index in [9.17, 15) is 14.9 Å². The van der Waals surface area contributed by atoms with E-state index in [1.165, 1.54) is 31.4 Å². The highest BCUT2D eigenvalue weighted by Gasteiger charge is 2.30. The average molecular weight is 424 g/mol. The van der Waals surface area contributed by atoms with Crippen molar-refractivity contribution in [1.29, 1.82) is 5.26 Å². The van der Waals surface area contributed by atoms with Gasteiger partial charge < -0.3 is 14.4 Å². The number of esters is 2. The predicted octanol–water partition coefficient (Wildman–Crippen LogP) is 3.46. The molecule has 1 aromatic rings. The molecule has 1 aliphatic heterocycles. The highest BCUT2D eigenvalue weighted by molar-refractivity contribution is 9.10. The van der Waals surface area contributed by atoms with Crippen LogP contribution in [0.2, 0.25) is 5.02 Å². The monoisotopic (exact) mass is 422 g/mol. The van der Waals surface area contributed by atoms with Crippen molar-refractivity contribution in [2.45, 2.75) is 0 Å². The summed E-state index contributed by atoms with van der Waals surface area (Å²) in [5, 5.41) is 9.66.